The van der Waals surface area contributed by atoms with Crippen LogP contribution in [0.2, 0.25) is 5.02 Å². The van der Waals surface area contributed by atoms with E-state index in [9.17, 15) is 4.79 Å². The fourth-order valence-electron chi connectivity index (χ4n) is 3.33. The van der Waals surface area contributed by atoms with Crippen molar-refractivity contribution in [2.75, 3.05) is 10.6 Å². The van der Waals surface area contributed by atoms with Crippen LogP contribution in [0.3, 0.4) is 0 Å². The van der Waals surface area contributed by atoms with Crippen LogP contribution in [-0.4, -0.2) is 36.7 Å². The van der Waals surface area contributed by atoms with Crippen molar-refractivity contribution in [1.29, 1.82) is 0 Å². The van der Waals surface area contributed by atoms with Crippen molar-refractivity contribution in [2.45, 2.75) is 46.4 Å². The zero-order valence-electron chi connectivity index (χ0n) is 19.4. The van der Waals surface area contributed by atoms with Gasteiger partial charge in [0.1, 0.15) is 16.4 Å². The van der Waals surface area contributed by atoms with E-state index >= 15 is 0 Å². The second kappa shape index (κ2) is 10.0. The van der Waals surface area contributed by atoms with Gasteiger partial charge in [-0.25, -0.2) is 15.0 Å². The summed E-state index contributed by atoms with van der Waals surface area (Å²) in [4.78, 5) is 25.9. The average molecular weight is 480 g/mol. The molecule has 34 heavy (non-hydrogen) atoms. The Morgan fingerprint density at radius 2 is 2.00 bits per heavy atom. The summed E-state index contributed by atoms with van der Waals surface area (Å²) in [7, 11) is 0. The van der Waals surface area contributed by atoms with E-state index in [4.69, 9.17) is 16.3 Å². The molecule has 0 saturated carbocycles. The minimum Gasteiger partial charge on any atom is -0.474 e. The smallest absolute Gasteiger partial charge is 0.257 e. The number of aromatic nitrogens is 5. The van der Waals surface area contributed by atoms with Gasteiger partial charge in [0.15, 0.2) is 0 Å². The molecule has 3 heterocycles. The van der Waals surface area contributed by atoms with Crippen LogP contribution in [0.4, 0.5) is 11.5 Å². The molecular formula is C24H26ClN7O2. The molecule has 0 bridgehead atoms. The Balaban J connectivity index is 1.45. The summed E-state index contributed by atoms with van der Waals surface area (Å²) in [6.07, 6.45) is 4.94. The van der Waals surface area contributed by atoms with E-state index < -0.39 is 0 Å². The van der Waals surface area contributed by atoms with Gasteiger partial charge < -0.3 is 15.4 Å². The lowest BCUT2D eigenvalue weighted by Gasteiger charge is -2.16. The zero-order valence-corrected chi connectivity index (χ0v) is 20.2. The summed E-state index contributed by atoms with van der Waals surface area (Å²) in [5, 5.41) is 10.9. The number of amides is 1. The Morgan fingerprint density at radius 1 is 1.18 bits per heavy atom. The summed E-state index contributed by atoms with van der Waals surface area (Å²) < 4.78 is 7.33. The van der Waals surface area contributed by atoms with Gasteiger partial charge in [-0.15, -0.1) is 0 Å². The van der Waals surface area contributed by atoms with E-state index in [1.54, 1.807) is 16.9 Å². The van der Waals surface area contributed by atoms with E-state index in [0.29, 0.717) is 28.6 Å². The van der Waals surface area contributed by atoms with E-state index in [0.717, 1.165) is 17.6 Å². The topological polar surface area (TPSA) is 107 Å². The molecule has 0 aliphatic heterocycles. The first-order valence-corrected chi connectivity index (χ1v) is 11.4. The van der Waals surface area contributed by atoms with E-state index in [-0.39, 0.29) is 23.1 Å². The van der Waals surface area contributed by atoms with Crippen molar-refractivity contribution in [3.8, 4) is 5.88 Å². The lowest BCUT2D eigenvalue weighted by molar-refractivity contribution is 0.102. The number of benzene rings is 1. The van der Waals surface area contributed by atoms with Crippen molar-refractivity contribution in [3.63, 3.8) is 0 Å². The molecule has 1 amide bonds. The van der Waals surface area contributed by atoms with E-state index in [2.05, 4.69) is 30.7 Å². The fourth-order valence-corrected chi connectivity index (χ4v) is 3.54. The number of pyridine rings is 1. The first-order valence-electron chi connectivity index (χ1n) is 11.0. The molecular weight excluding hydrogens is 454 g/mol. The third-order valence-electron chi connectivity index (χ3n) is 5.03. The lowest BCUT2D eigenvalue weighted by Crippen LogP contribution is -2.14. The highest BCUT2D eigenvalue weighted by Gasteiger charge is 2.14. The molecule has 0 saturated heterocycles. The lowest BCUT2D eigenvalue weighted by atomic mass is 10.1. The fraction of sp³-hybridized carbons (Fsp3) is 0.292. The Morgan fingerprint density at radius 3 is 2.74 bits per heavy atom. The number of aryl methyl sites for hydroxylation is 1. The largest absolute Gasteiger partial charge is 0.474 e. The standard InChI is InChI=1S/C24H26ClN7O2/c1-5-32-13-20-22(31-32)30-21(12-26-20)28-15(4)16-7-6-8-18(9-16)29-23(33)17-10-19(25)24(27-11-17)34-14(2)3/h6-15H,5H2,1-4H3,(H,29,33)(H,28,30,31)/t15-/m0/s1. The minimum atomic E-state index is -0.314. The zero-order chi connectivity index (χ0) is 24.2. The summed E-state index contributed by atoms with van der Waals surface area (Å²) in [5.41, 5.74) is 3.31. The quantitative estimate of drug-likeness (QED) is 0.361. The molecule has 0 aliphatic carbocycles. The molecule has 176 valence electrons. The van der Waals surface area contributed by atoms with Gasteiger partial charge in [0.2, 0.25) is 11.5 Å². The molecule has 9 nitrogen and oxygen atoms in total. The highest BCUT2D eigenvalue weighted by Crippen LogP contribution is 2.25. The summed E-state index contributed by atoms with van der Waals surface area (Å²) in [6.45, 7) is 8.54. The molecule has 0 unspecified atom stereocenters. The van der Waals surface area contributed by atoms with Gasteiger partial charge in [0.25, 0.3) is 5.91 Å². The molecule has 4 aromatic rings. The second-order valence-electron chi connectivity index (χ2n) is 8.07. The number of hydrogen-bond donors (Lipinski definition) is 2. The summed E-state index contributed by atoms with van der Waals surface area (Å²) in [5.74, 6) is 0.615. The molecule has 4 rings (SSSR count). The van der Waals surface area contributed by atoms with Crippen molar-refractivity contribution >= 4 is 40.2 Å². The predicted octanol–water partition coefficient (Wildman–Crippen LogP) is 5.11. The number of fused-ring (bicyclic) bond motifs is 1. The van der Waals surface area contributed by atoms with Crippen LogP contribution in [0.5, 0.6) is 5.88 Å². The van der Waals surface area contributed by atoms with Crippen molar-refractivity contribution in [3.05, 3.63) is 65.1 Å². The maximum atomic E-state index is 12.7. The van der Waals surface area contributed by atoms with Crippen LogP contribution in [-0.2, 0) is 6.54 Å². The van der Waals surface area contributed by atoms with Crippen LogP contribution in [0.1, 0.15) is 49.7 Å². The van der Waals surface area contributed by atoms with Gasteiger partial charge in [0, 0.05) is 18.4 Å². The molecule has 0 aliphatic rings. The van der Waals surface area contributed by atoms with Gasteiger partial charge in [-0.1, -0.05) is 23.7 Å². The van der Waals surface area contributed by atoms with Crippen molar-refractivity contribution < 1.29 is 9.53 Å². The first-order chi connectivity index (χ1) is 16.3. The normalized spacial score (nSPS) is 12.1. The Labute approximate surface area is 202 Å². The van der Waals surface area contributed by atoms with E-state index in [1.807, 2.05) is 58.2 Å². The van der Waals surface area contributed by atoms with Crippen LogP contribution in [0, 0.1) is 0 Å². The number of carbonyl (C=O) groups excluding carboxylic acids is 1. The van der Waals surface area contributed by atoms with Crippen molar-refractivity contribution in [1.82, 2.24) is 24.7 Å². The molecule has 1 atom stereocenters. The molecule has 0 radical (unpaired) electrons. The Kier molecular flexibility index (Phi) is 6.93. The first kappa shape index (κ1) is 23.4. The number of anilines is 2. The summed E-state index contributed by atoms with van der Waals surface area (Å²) >= 11 is 6.22. The minimum absolute atomic E-state index is 0.0652. The third-order valence-corrected chi connectivity index (χ3v) is 5.30. The maximum Gasteiger partial charge on any atom is 0.257 e. The van der Waals surface area contributed by atoms with Crippen molar-refractivity contribution in [2.24, 2.45) is 0 Å². The predicted molar refractivity (Wildman–Crippen MR) is 132 cm³/mol. The maximum absolute atomic E-state index is 12.7. The van der Waals surface area contributed by atoms with Crippen LogP contribution in [0.25, 0.3) is 11.2 Å². The van der Waals surface area contributed by atoms with Gasteiger partial charge in [0.05, 0.1) is 30.1 Å². The number of rotatable bonds is 8. The van der Waals surface area contributed by atoms with Gasteiger partial charge in [-0.05, 0) is 51.5 Å². The van der Waals surface area contributed by atoms with Gasteiger partial charge >= 0.3 is 0 Å². The number of carbonyl (C=O) groups is 1. The van der Waals surface area contributed by atoms with Gasteiger partial charge in [-0.2, -0.15) is 5.10 Å². The average Bonchev–Trinajstić information content (AvgIpc) is 3.23. The second-order valence-corrected chi connectivity index (χ2v) is 8.48. The summed E-state index contributed by atoms with van der Waals surface area (Å²) in [6, 6.07) is 9.04. The number of nitrogens with zero attached hydrogens (tertiary/aromatic N) is 5. The SMILES string of the molecule is CCn1cc2ncc(N[C@@H](C)c3cccc(NC(=O)c4cnc(OC(C)C)c(Cl)c4)c3)nc2n1. The molecule has 10 heteroatoms. The third kappa shape index (κ3) is 5.43. The number of hydrogen-bond acceptors (Lipinski definition) is 7. The molecule has 0 spiro atoms. The highest BCUT2D eigenvalue weighted by molar-refractivity contribution is 6.32. The highest BCUT2D eigenvalue weighted by atomic mass is 35.5. The van der Waals surface area contributed by atoms with Gasteiger partial charge in [-0.3, -0.25) is 9.48 Å². The van der Waals surface area contributed by atoms with E-state index in [1.165, 1.54) is 6.20 Å². The molecule has 1 aromatic carbocycles. The Bertz CT molecular complexity index is 1320. The molecule has 2 N–H and O–H groups in total. The molecule has 0 fully saturated rings. The number of ether oxygens (including phenoxy) is 1. The van der Waals surface area contributed by atoms with Crippen LogP contribution < -0.4 is 15.4 Å². The van der Waals surface area contributed by atoms with Crippen LogP contribution in [0.15, 0.2) is 48.9 Å². The monoisotopic (exact) mass is 479 g/mol. The van der Waals surface area contributed by atoms with Crippen LogP contribution >= 0.6 is 11.6 Å². The Hall–Kier alpha value is -3.72. The number of halogens is 1. The molecule has 3 aromatic heterocycles. The number of nitrogens with one attached hydrogen (secondary N) is 2.